The SMILES string of the molecule is COCCNCCNC(=O)c1ccncc1F.Cl.Cl. The second-order valence-corrected chi connectivity index (χ2v) is 3.35. The van der Waals surface area contributed by atoms with Gasteiger partial charge in [-0.25, -0.2) is 4.39 Å². The maximum absolute atomic E-state index is 13.2. The zero-order chi connectivity index (χ0) is 12.5. The van der Waals surface area contributed by atoms with Gasteiger partial charge in [-0.15, -0.1) is 24.8 Å². The van der Waals surface area contributed by atoms with Crippen LogP contribution < -0.4 is 10.6 Å². The van der Waals surface area contributed by atoms with Crippen molar-refractivity contribution in [2.45, 2.75) is 0 Å². The van der Waals surface area contributed by atoms with Crippen molar-refractivity contribution in [3.63, 3.8) is 0 Å². The summed E-state index contributed by atoms with van der Waals surface area (Å²) < 4.78 is 18.0. The Bertz CT molecular complexity index is 370. The molecule has 110 valence electrons. The summed E-state index contributed by atoms with van der Waals surface area (Å²) in [5.74, 6) is -1.05. The van der Waals surface area contributed by atoms with Gasteiger partial charge in [-0.05, 0) is 6.07 Å². The van der Waals surface area contributed by atoms with Crippen LogP contribution in [0.25, 0.3) is 0 Å². The average Bonchev–Trinajstić information content (AvgIpc) is 2.34. The molecule has 0 spiro atoms. The first-order chi connectivity index (χ1) is 8.25. The Balaban J connectivity index is 0. The summed E-state index contributed by atoms with van der Waals surface area (Å²) in [5.41, 5.74) is 0.0110. The van der Waals surface area contributed by atoms with Crippen molar-refractivity contribution in [1.82, 2.24) is 15.6 Å². The first-order valence-electron chi connectivity index (χ1n) is 5.33. The fourth-order valence-corrected chi connectivity index (χ4v) is 1.22. The van der Waals surface area contributed by atoms with Gasteiger partial charge < -0.3 is 15.4 Å². The predicted octanol–water partition coefficient (Wildman–Crippen LogP) is 1.03. The molecule has 0 radical (unpaired) electrons. The van der Waals surface area contributed by atoms with Crippen LogP contribution in [-0.2, 0) is 4.74 Å². The van der Waals surface area contributed by atoms with Crippen LogP contribution >= 0.6 is 24.8 Å². The van der Waals surface area contributed by atoms with Gasteiger partial charge in [0.25, 0.3) is 5.91 Å². The van der Waals surface area contributed by atoms with Crippen LogP contribution in [0.2, 0.25) is 0 Å². The van der Waals surface area contributed by atoms with Gasteiger partial charge in [0.15, 0.2) is 5.82 Å². The maximum atomic E-state index is 13.2. The van der Waals surface area contributed by atoms with Gasteiger partial charge in [-0.3, -0.25) is 9.78 Å². The lowest BCUT2D eigenvalue weighted by Gasteiger charge is -2.06. The number of amides is 1. The average molecular weight is 314 g/mol. The van der Waals surface area contributed by atoms with Gasteiger partial charge in [0.05, 0.1) is 18.4 Å². The van der Waals surface area contributed by atoms with Gasteiger partial charge in [-0.2, -0.15) is 0 Å². The lowest BCUT2D eigenvalue weighted by atomic mass is 10.2. The summed E-state index contributed by atoms with van der Waals surface area (Å²) in [5, 5.41) is 5.67. The van der Waals surface area contributed by atoms with Gasteiger partial charge in [0.1, 0.15) is 0 Å². The zero-order valence-corrected chi connectivity index (χ0v) is 12.2. The van der Waals surface area contributed by atoms with E-state index in [0.717, 1.165) is 12.7 Å². The number of nitrogens with zero attached hydrogens (tertiary/aromatic N) is 1. The van der Waals surface area contributed by atoms with Gasteiger partial charge >= 0.3 is 0 Å². The standard InChI is InChI=1S/C11H16FN3O2.2ClH/c1-17-7-6-13-4-5-15-11(16)9-2-3-14-8-10(9)12;;/h2-3,8,13H,4-7H2,1H3,(H,15,16);2*1H. The number of rotatable bonds is 7. The molecule has 1 heterocycles. The van der Waals surface area contributed by atoms with Crippen molar-refractivity contribution in [3.05, 3.63) is 29.8 Å². The number of ether oxygens (including phenoxy) is 1. The van der Waals surface area contributed by atoms with Crippen LogP contribution in [0, 0.1) is 5.82 Å². The molecule has 1 aromatic rings. The highest BCUT2D eigenvalue weighted by atomic mass is 35.5. The Morgan fingerprint density at radius 3 is 2.74 bits per heavy atom. The van der Waals surface area contributed by atoms with Gasteiger partial charge in [0, 0.05) is 32.9 Å². The second kappa shape index (κ2) is 12.1. The maximum Gasteiger partial charge on any atom is 0.254 e. The first kappa shape index (κ1) is 20.4. The van der Waals surface area contributed by atoms with Crippen molar-refractivity contribution in [2.75, 3.05) is 33.4 Å². The van der Waals surface area contributed by atoms with E-state index in [4.69, 9.17) is 4.74 Å². The van der Waals surface area contributed by atoms with E-state index in [1.165, 1.54) is 12.3 Å². The van der Waals surface area contributed by atoms with Crippen molar-refractivity contribution in [2.24, 2.45) is 0 Å². The second-order valence-electron chi connectivity index (χ2n) is 3.35. The molecular weight excluding hydrogens is 296 g/mol. The number of pyridine rings is 1. The summed E-state index contributed by atoms with van der Waals surface area (Å²) in [6, 6.07) is 1.35. The van der Waals surface area contributed by atoms with E-state index in [1.54, 1.807) is 7.11 Å². The molecule has 0 aliphatic carbocycles. The van der Waals surface area contributed by atoms with E-state index in [9.17, 15) is 9.18 Å². The van der Waals surface area contributed by atoms with Crippen LogP contribution in [0.5, 0.6) is 0 Å². The minimum atomic E-state index is -0.614. The predicted molar refractivity (Wildman–Crippen MR) is 75.8 cm³/mol. The van der Waals surface area contributed by atoms with E-state index in [1.807, 2.05) is 0 Å². The van der Waals surface area contributed by atoms with Crippen LogP contribution in [-0.4, -0.2) is 44.2 Å². The molecule has 0 unspecified atom stereocenters. The molecule has 0 atom stereocenters. The Hall–Kier alpha value is -0.950. The summed E-state index contributed by atoms with van der Waals surface area (Å²) in [7, 11) is 1.62. The van der Waals surface area contributed by atoms with Crippen LogP contribution in [0.1, 0.15) is 10.4 Å². The monoisotopic (exact) mass is 313 g/mol. The number of carbonyl (C=O) groups excluding carboxylic acids is 1. The van der Waals surface area contributed by atoms with Gasteiger partial charge in [0.2, 0.25) is 0 Å². The van der Waals surface area contributed by atoms with Crippen LogP contribution in [0.3, 0.4) is 0 Å². The summed E-state index contributed by atoms with van der Waals surface area (Å²) in [6.07, 6.45) is 2.40. The molecular formula is C11H18Cl2FN3O2. The van der Waals surface area contributed by atoms with E-state index < -0.39 is 11.7 Å². The van der Waals surface area contributed by atoms with Gasteiger partial charge in [-0.1, -0.05) is 0 Å². The Morgan fingerprint density at radius 1 is 1.37 bits per heavy atom. The molecule has 1 amide bonds. The number of carbonyl (C=O) groups is 1. The zero-order valence-electron chi connectivity index (χ0n) is 10.5. The molecule has 0 aliphatic heterocycles. The smallest absolute Gasteiger partial charge is 0.254 e. The van der Waals surface area contributed by atoms with Crippen molar-refractivity contribution in [1.29, 1.82) is 0 Å². The number of aromatic nitrogens is 1. The van der Waals surface area contributed by atoms with Crippen molar-refractivity contribution in [3.8, 4) is 0 Å². The van der Waals surface area contributed by atoms with Crippen LogP contribution in [0.15, 0.2) is 18.5 Å². The highest BCUT2D eigenvalue weighted by molar-refractivity contribution is 5.94. The molecule has 0 saturated heterocycles. The third kappa shape index (κ3) is 7.94. The molecule has 0 aliphatic rings. The third-order valence-corrected chi connectivity index (χ3v) is 2.09. The molecule has 0 saturated carbocycles. The molecule has 0 aromatic carbocycles. The number of hydrogen-bond donors (Lipinski definition) is 2. The topological polar surface area (TPSA) is 63.2 Å². The highest BCUT2D eigenvalue weighted by Gasteiger charge is 2.09. The molecule has 8 heteroatoms. The molecule has 0 fully saturated rings. The fraction of sp³-hybridized carbons (Fsp3) is 0.455. The molecule has 1 rings (SSSR count). The Morgan fingerprint density at radius 2 is 2.11 bits per heavy atom. The fourth-order valence-electron chi connectivity index (χ4n) is 1.22. The quantitative estimate of drug-likeness (QED) is 0.738. The Kier molecular flexibility index (Phi) is 13.0. The van der Waals surface area contributed by atoms with Crippen LogP contribution in [0.4, 0.5) is 4.39 Å². The number of hydrogen-bond acceptors (Lipinski definition) is 4. The highest BCUT2D eigenvalue weighted by Crippen LogP contribution is 2.03. The van der Waals surface area contributed by atoms with E-state index in [-0.39, 0.29) is 30.4 Å². The lowest BCUT2D eigenvalue weighted by Crippen LogP contribution is -2.33. The normalized spacial score (nSPS) is 9.16. The van der Waals surface area contributed by atoms with E-state index in [2.05, 4.69) is 15.6 Å². The van der Waals surface area contributed by atoms with E-state index in [0.29, 0.717) is 19.7 Å². The number of halogens is 3. The summed E-state index contributed by atoms with van der Waals surface area (Å²) >= 11 is 0. The first-order valence-corrected chi connectivity index (χ1v) is 5.33. The molecule has 5 nitrogen and oxygen atoms in total. The lowest BCUT2D eigenvalue weighted by molar-refractivity contribution is 0.0949. The number of methoxy groups -OCH3 is 1. The molecule has 0 bridgehead atoms. The molecule has 2 N–H and O–H groups in total. The molecule has 19 heavy (non-hydrogen) atoms. The van der Waals surface area contributed by atoms with Crippen molar-refractivity contribution < 1.29 is 13.9 Å². The van der Waals surface area contributed by atoms with Crippen molar-refractivity contribution >= 4 is 30.7 Å². The number of nitrogens with one attached hydrogen (secondary N) is 2. The Labute approximate surface area is 124 Å². The summed E-state index contributed by atoms with van der Waals surface area (Å²) in [6.45, 7) is 2.38. The third-order valence-electron chi connectivity index (χ3n) is 2.09. The minimum absolute atomic E-state index is 0. The minimum Gasteiger partial charge on any atom is -0.383 e. The molecule has 1 aromatic heterocycles. The van der Waals surface area contributed by atoms with E-state index >= 15 is 0 Å². The largest absolute Gasteiger partial charge is 0.383 e. The summed E-state index contributed by atoms with van der Waals surface area (Å²) in [4.78, 5) is 15.1.